The number of aryl methyl sites for hydroxylation is 1. The Kier molecular flexibility index (Phi) is 10.7. The fraction of sp³-hybridized carbons (Fsp3) is 0.429. The van der Waals surface area contributed by atoms with Crippen LogP contribution in [0.5, 0.6) is 5.75 Å². The van der Waals surface area contributed by atoms with Crippen molar-refractivity contribution >= 4 is 50.2 Å². The van der Waals surface area contributed by atoms with Gasteiger partial charge in [-0.15, -0.1) is 20.3 Å². The molecule has 17 nitrogen and oxygen atoms in total. The van der Waals surface area contributed by atoms with Crippen LogP contribution < -0.4 is 20.9 Å². The van der Waals surface area contributed by atoms with E-state index in [2.05, 4.69) is 25.2 Å². The molecule has 0 radical (unpaired) electrons. The first-order valence-corrected chi connectivity index (χ1v) is 16.5. The number of hydroxylamine groups is 2. The van der Waals surface area contributed by atoms with E-state index in [1.807, 2.05) is 30.8 Å². The third-order valence-electron chi connectivity index (χ3n) is 7.60. The van der Waals surface area contributed by atoms with Gasteiger partial charge in [-0.3, -0.25) is 14.1 Å². The van der Waals surface area contributed by atoms with E-state index in [0.717, 1.165) is 41.3 Å². The third-order valence-corrected chi connectivity index (χ3v) is 8.61. The molecule has 1 amide bonds. The first-order valence-electron chi connectivity index (χ1n) is 14.3. The van der Waals surface area contributed by atoms with E-state index in [1.54, 1.807) is 12.1 Å². The Morgan fingerprint density at radius 2 is 1.94 bits per heavy atom. The first-order chi connectivity index (χ1) is 22.0. The number of carbonyl (C=O) groups is 3. The van der Waals surface area contributed by atoms with Gasteiger partial charge in [0.25, 0.3) is 12.0 Å². The van der Waals surface area contributed by atoms with Crippen LogP contribution in [-0.2, 0) is 47.5 Å². The van der Waals surface area contributed by atoms with Crippen molar-refractivity contribution in [3.63, 3.8) is 0 Å². The fourth-order valence-electron chi connectivity index (χ4n) is 5.01. The minimum atomic E-state index is -4.99. The molecule has 1 aromatic carbocycles. The Labute approximate surface area is 274 Å². The summed E-state index contributed by atoms with van der Waals surface area (Å²) in [5, 5.41) is 15.5. The van der Waals surface area contributed by atoms with Gasteiger partial charge in [-0.25, -0.2) is 9.78 Å². The number of hydrogen-bond acceptors (Lipinski definition) is 13. The maximum atomic E-state index is 13.3. The summed E-state index contributed by atoms with van der Waals surface area (Å²) >= 11 is 0.989. The lowest BCUT2D eigenvalue weighted by atomic mass is 9.74. The van der Waals surface area contributed by atoms with Gasteiger partial charge in [0, 0.05) is 23.4 Å². The number of nitrogen functional groups attached to an aromatic ring is 1. The molecule has 2 atom stereocenters. The van der Waals surface area contributed by atoms with Crippen LogP contribution in [0.25, 0.3) is 11.3 Å². The Hall–Kier alpha value is -4.43. The molecule has 0 saturated carbocycles. The maximum absolute atomic E-state index is 13.3. The normalized spacial score (nSPS) is 16.9. The third kappa shape index (κ3) is 8.11. The van der Waals surface area contributed by atoms with Crippen LogP contribution in [0, 0.1) is 12.8 Å². The molecular formula is C28H36N7O10S2+. The number of Topliss-reactive ketones (excluding diaryl/α,β-unsaturated/α-hetero) is 1. The second-order valence-electron chi connectivity index (χ2n) is 11.2. The zero-order chi connectivity index (χ0) is 34.7. The number of aromatic nitrogens is 3. The molecule has 1 aliphatic heterocycles. The van der Waals surface area contributed by atoms with Crippen LogP contribution in [-0.4, -0.2) is 81.0 Å². The predicted octanol–water partition coefficient (Wildman–Crippen LogP) is 0.859. The number of oxime groups is 1. The average molecular weight is 695 g/mol. The molecule has 19 heteroatoms. The van der Waals surface area contributed by atoms with E-state index in [1.165, 1.54) is 19.2 Å². The number of carboxylic acid groups (broad SMARTS) is 1. The molecule has 3 heterocycles. The number of anilines is 1. The van der Waals surface area contributed by atoms with Crippen molar-refractivity contribution in [2.24, 2.45) is 23.9 Å². The number of benzene rings is 1. The summed E-state index contributed by atoms with van der Waals surface area (Å²) in [4.78, 5) is 47.2. The molecule has 47 heavy (non-hydrogen) atoms. The van der Waals surface area contributed by atoms with Gasteiger partial charge >= 0.3 is 16.4 Å². The van der Waals surface area contributed by atoms with E-state index in [9.17, 15) is 27.9 Å². The van der Waals surface area contributed by atoms with Gasteiger partial charge in [-0.05, 0) is 58.0 Å². The lowest BCUT2D eigenvalue weighted by molar-refractivity contribution is -0.744. The van der Waals surface area contributed by atoms with Gasteiger partial charge in [0.2, 0.25) is 5.69 Å². The number of aliphatic carboxylic acids is 1. The van der Waals surface area contributed by atoms with Crippen molar-refractivity contribution in [3.8, 4) is 17.0 Å². The number of thiazole rings is 1. The Morgan fingerprint density at radius 1 is 1.26 bits per heavy atom. The molecular weight excluding hydrogens is 658 g/mol. The summed E-state index contributed by atoms with van der Waals surface area (Å²) in [7, 11) is -3.03. The number of nitrogens with two attached hydrogens (primary N) is 2. The lowest BCUT2D eigenvalue weighted by Gasteiger charge is -2.50. The lowest BCUT2D eigenvalue weighted by Crippen LogP contribution is -2.68. The molecule has 0 unspecified atom stereocenters. The topological polar surface area (TPSA) is 243 Å². The van der Waals surface area contributed by atoms with Crippen LogP contribution in [0.4, 0.5) is 5.13 Å². The number of β-lactam (4-membered cyclic amide) rings is 1. The number of carboxylic acids is 1. The molecule has 1 aliphatic rings. The monoisotopic (exact) mass is 694 g/mol. The number of rotatable bonds is 16. The Balaban J connectivity index is 1.46. The molecule has 0 aliphatic carbocycles. The van der Waals surface area contributed by atoms with Crippen molar-refractivity contribution in [3.05, 3.63) is 47.1 Å². The van der Waals surface area contributed by atoms with Crippen LogP contribution in [0.2, 0.25) is 0 Å². The quantitative estimate of drug-likeness (QED) is 0.0535. The number of ether oxygens (including phenoxy) is 1. The van der Waals surface area contributed by atoms with Gasteiger partial charge < -0.3 is 26.1 Å². The van der Waals surface area contributed by atoms with Gasteiger partial charge in [-0.2, -0.15) is 18.2 Å². The highest BCUT2D eigenvalue weighted by molar-refractivity contribution is 7.80. The summed E-state index contributed by atoms with van der Waals surface area (Å²) in [5.74, 6) is -3.79. The van der Waals surface area contributed by atoms with Crippen molar-refractivity contribution in [1.82, 2.24) is 14.7 Å². The molecule has 6 N–H and O–H groups in total. The Morgan fingerprint density at radius 3 is 2.49 bits per heavy atom. The first kappa shape index (κ1) is 35.4. The van der Waals surface area contributed by atoms with Gasteiger partial charge in [0.05, 0.1) is 23.7 Å². The molecule has 254 valence electrons. The highest BCUT2D eigenvalue weighted by atomic mass is 32.3. The zero-order valence-electron chi connectivity index (χ0n) is 26.0. The van der Waals surface area contributed by atoms with Crippen LogP contribution in [0.3, 0.4) is 0 Å². The number of amides is 1. The molecule has 3 aromatic rings. The molecule has 2 aromatic heterocycles. The van der Waals surface area contributed by atoms with Gasteiger partial charge in [0.1, 0.15) is 18.1 Å². The standard InChI is InChI=1S/C28H35N7O10S2/c1-16-12-21(33(4)34(16)11-5-10-29)17-6-8-18(9-7-17)43-14-23(26(38)39)44-32-24(20-15-46-27(30)31-20)22(36)13-19-25(37)35(28(19,2)3)45-47(40,41)42/h6-9,12,15,19,23H,5,10-11,13-14,29H2,1-4H3,(H3-,30,31,38,39,40,41,42)/p+1/b32-24-/t19-,23+/m1/s1. The predicted molar refractivity (Wildman–Crippen MR) is 167 cm³/mol. The second-order valence-corrected chi connectivity index (χ2v) is 13.1. The molecule has 0 bridgehead atoms. The smallest absolute Gasteiger partial charge is 0.418 e. The highest BCUT2D eigenvalue weighted by Crippen LogP contribution is 2.40. The van der Waals surface area contributed by atoms with Crippen molar-refractivity contribution in [2.75, 3.05) is 18.9 Å². The van der Waals surface area contributed by atoms with E-state index >= 15 is 0 Å². The highest BCUT2D eigenvalue weighted by Gasteiger charge is 2.57. The van der Waals surface area contributed by atoms with Crippen LogP contribution in [0.15, 0.2) is 40.9 Å². The molecule has 0 spiro atoms. The number of nitrogens with zero attached hydrogens (tertiary/aromatic N) is 5. The summed E-state index contributed by atoms with van der Waals surface area (Å²) in [6, 6.07) is 9.09. The number of carbonyl (C=O) groups excluding carboxylic acids is 2. The van der Waals surface area contributed by atoms with Gasteiger partial charge in [-0.1, -0.05) is 5.16 Å². The maximum Gasteiger partial charge on any atom is 0.418 e. The summed E-state index contributed by atoms with van der Waals surface area (Å²) in [5.41, 5.74) is 12.6. The van der Waals surface area contributed by atoms with Crippen molar-refractivity contribution < 1.29 is 51.0 Å². The molecule has 1 saturated heterocycles. The van der Waals surface area contributed by atoms with E-state index in [0.29, 0.717) is 17.4 Å². The summed E-state index contributed by atoms with van der Waals surface area (Å²) in [6.07, 6.45) is -1.30. The van der Waals surface area contributed by atoms with Crippen molar-refractivity contribution in [2.45, 2.75) is 51.8 Å². The minimum Gasteiger partial charge on any atom is -0.489 e. The van der Waals surface area contributed by atoms with Crippen LogP contribution >= 0.6 is 11.3 Å². The fourth-order valence-corrected chi connectivity index (χ4v) is 6.01. The second kappa shape index (κ2) is 14.1. The minimum absolute atomic E-state index is 0.0194. The van der Waals surface area contributed by atoms with Crippen LogP contribution in [0.1, 0.15) is 38.1 Å². The zero-order valence-corrected chi connectivity index (χ0v) is 27.7. The Bertz CT molecular complexity index is 1780. The summed E-state index contributed by atoms with van der Waals surface area (Å²) < 4.78 is 45.4. The van der Waals surface area contributed by atoms with Crippen molar-refractivity contribution in [1.29, 1.82) is 0 Å². The molecule has 4 rings (SSSR count). The number of ketones is 1. The van der Waals surface area contributed by atoms with Gasteiger partial charge in [0.15, 0.2) is 23.7 Å². The largest absolute Gasteiger partial charge is 0.489 e. The molecule has 1 fully saturated rings. The van der Waals surface area contributed by atoms with E-state index in [-0.39, 0.29) is 10.8 Å². The van der Waals surface area contributed by atoms with E-state index < -0.39 is 64.4 Å². The summed E-state index contributed by atoms with van der Waals surface area (Å²) in [6.45, 7) is 5.75. The SMILES string of the molecule is Cc1cc(-c2ccc(OC[C@H](O/N=C(\C(=O)C[C@@H]3C(=O)N(OS(=O)(=O)O)C3(C)C)c3csc(N)n3)C(=O)O)cc2)[n+](C)n1CCCN. The average Bonchev–Trinajstić information content (AvgIpc) is 3.56. The number of hydrogen-bond donors (Lipinski definition) is 4. The van der Waals surface area contributed by atoms with E-state index in [4.69, 9.17) is 25.6 Å².